The van der Waals surface area contributed by atoms with E-state index < -0.39 is 10.0 Å². The highest BCUT2D eigenvalue weighted by Gasteiger charge is 2.17. The minimum absolute atomic E-state index is 0.266. The van der Waals surface area contributed by atoms with Gasteiger partial charge in [-0.05, 0) is 12.5 Å². The van der Waals surface area contributed by atoms with Crippen LogP contribution in [0.5, 0.6) is 0 Å². The van der Waals surface area contributed by atoms with E-state index in [1.54, 1.807) is 31.0 Å². The Morgan fingerprint density at radius 2 is 2.19 bits per heavy atom. The second-order valence-electron chi connectivity index (χ2n) is 4.76. The molecule has 0 atom stereocenters. The SMILES string of the molecule is CCCn1cc(S(=O)(=O)NCCn2ccnc2)cc1CN. The maximum atomic E-state index is 12.3. The van der Waals surface area contributed by atoms with Crippen molar-refractivity contribution in [3.63, 3.8) is 0 Å². The molecular formula is C13H21N5O2S. The highest BCUT2D eigenvalue weighted by Crippen LogP contribution is 2.14. The second-order valence-corrected chi connectivity index (χ2v) is 6.53. The Balaban J connectivity index is 2.04. The summed E-state index contributed by atoms with van der Waals surface area (Å²) in [6, 6.07) is 1.63. The molecule has 0 unspecified atom stereocenters. The molecule has 2 aromatic heterocycles. The maximum Gasteiger partial charge on any atom is 0.242 e. The lowest BCUT2D eigenvalue weighted by molar-refractivity contribution is 0.572. The van der Waals surface area contributed by atoms with Crippen molar-refractivity contribution >= 4 is 10.0 Å². The van der Waals surface area contributed by atoms with E-state index in [0.717, 1.165) is 18.7 Å². The van der Waals surface area contributed by atoms with Gasteiger partial charge in [0.1, 0.15) is 0 Å². The Bertz CT molecular complexity index is 661. The molecule has 0 amide bonds. The van der Waals surface area contributed by atoms with Gasteiger partial charge >= 0.3 is 0 Å². The molecule has 2 heterocycles. The summed E-state index contributed by atoms with van der Waals surface area (Å²) < 4.78 is 30.8. The predicted molar refractivity (Wildman–Crippen MR) is 80.0 cm³/mol. The van der Waals surface area contributed by atoms with E-state index in [4.69, 9.17) is 5.73 Å². The number of hydrogen-bond donors (Lipinski definition) is 2. The molecule has 0 fully saturated rings. The van der Waals surface area contributed by atoms with Crippen LogP contribution in [0.1, 0.15) is 19.0 Å². The number of aromatic nitrogens is 3. The van der Waals surface area contributed by atoms with Crippen LogP contribution >= 0.6 is 0 Å². The van der Waals surface area contributed by atoms with E-state index in [0.29, 0.717) is 19.6 Å². The van der Waals surface area contributed by atoms with E-state index in [1.165, 1.54) is 0 Å². The third-order valence-electron chi connectivity index (χ3n) is 3.17. The van der Waals surface area contributed by atoms with Gasteiger partial charge in [0, 0.05) is 50.5 Å². The van der Waals surface area contributed by atoms with Gasteiger partial charge in [0.15, 0.2) is 0 Å². The van der Waals surface area contributed by atoms with E-state index in [1.807, 2.05) is 16.1 Å². The minimum Gasteiger partial charge on any atom is -0.349 e. The number of nitrogens with two attached hydrogens (primary N) is 1. The molecule has 0 saturated carbocycles. The maximum absolute atomic E-state index is 12.3. The second kappa shape index (κ2) is 6.88. The van der Waals surface area contributed by atoms with Gasteiger partial charge in [-0.25, -0.2) is 18.1 Å². The third-order valence-corrected chi connectivity index (χ3v) is 4.59. The smallest absolute Gasteiger partial charge is 0.242 e. The van der Waals surface area contributed by atoms with Crippen LogP contribution in [0.4, 0.5) is 0 Å². The third kappa shape index (κ3) is 3.93. The summed E-state index contributed by atoms with van der Waals surface area (Å²) in [5.41, 5.74) is 6.48. The zero-order valence-corrected chi connectivity index (χ0v) is 12.9. The van der Waals surface area contributed by atoms with Crippen LogP contribution in [0.15, 0.2) is 35.9 Å². The first-order valence-corrected chi connectivity index (χ1v) is 8.39. The van der Waals surface area contributed by atoms with E-state index in [-0.39, 0.29) is 4.90 Å². The average molecular weight is 311 g/mol. The number of sulfonamides is 1. The molecule has 0 bridgehead atoms. The van der Waals surface area contributed by atoms with Crippen molar-refractivity contribution in [3.8, 4) is 0 Å². The van der Waals surface area contributed by atoms with E-state index in [2.05, 4.69) is 9.71 Å². The van der Waals surface area contributed by atoms with Crippen molar-refractivity contribution in [1.82, 2.24) is 18.8 Å². The molecule has 3 N–H and O–H groups in total. The number of hydrogen-bond acceptors (Lipinski definition) is 4. The van der Waals surface area contributed by atoms with Gasteiger partial charge in [0.25, 0.3) is 0 Å². The molecular weight excluding hydrogens is 290 g/mol. The van der Waals surface area contributed by atoms with Crippen molar-refractivity contribution in [2.24, 2.45) is 5.73 Å². The summed E-state index contributed by atoms with van der Waals surface area (Å²) in [6.45, 7) is 3.98. The number of rotatable bonds is 8. The fraction of sp³-hybridized carbons (Fsp3) is 0.462. The quantitative estimate of drug-likeness (QED) is 0.743. The normalized spacial score (nSPS) is 11.9. The van der Waals surface area contributed by atoms with Crippen LogP contribution in [-0.4, -0.2) is 29.1 Å². The topological polar surface area (TPSA) is 94.9 Å². The van der Waals surface area contributed by atoms with Crippen molar-refractivity contribution in [2.45, 2.75) is 37.9 Å². The Morgan fingerprint density at radius 3 is 2.81 bits per heavy atom. The largest absolute Gasteiger partial charge is 0.349 e. The molecule has 8 heteroatoms. The van der Waals surface area contributed by atoms with E-state index in [9.17, 15) is 8.42 Å². The molecule has 7 nitrogen and oxygen atoms in total. The molecule has 0 aliphatic carbocycles. The van der Waals surface area contributed by atoms with Gasteiger partial charge in [0.05, 0.1) is 11.2 Å². The molecule has 0 saturated heterocycles. The lowest BCUT2D eigenvalue weighted by Crippen LogP contribution is -2.27. The Kier molecular flexibility index (Phi) is 5.16. The summed E-state index contributed by atoms with van der Waals surface area (Å²) in [5.74, 6) is 0. The van der Waals surface area contributed by atoms with Crippen molar-refractivity contribution in [1.29, 1.82) is 0 Å². The first kappa shape index (κ1) is 15.7. The van der Waals surface area contributed by atoms with Gasteiger partial charge in [-0.15, -0.1) is 0 Å². The van der Waals surface area contributed by atoms with E-state index >= 15 is 0 Å². The number of nitrogens with zero attached hydrogens (tertiary/aromatic N) is 3. The first-order valence-electron chi connectivity index (χ1n) is 6.91. The van der Waals surface area contributed by atoms with Gasteiger partial charge < -0.3 is 14.9 Å². The number of nitrogens with one attached hydrogen (secondary N) is 1. The minimum atomic E-state index is -3.50. The molecule has 0 radical (unpaired) electrons. The van der Waals surface area contributed by atoms with Crippen LogP contribution in [0.3, 0.4) is 0 Å². The fourth-order valence-corrected chi connectivity index (χ4v) is 3.19. The van der Waals surface area contributed by atoms with Crippen LogP contribution in [0, 0.1) is 0 Å². The van der Waals surface area contributed by atoms with Crippen LogP contribution in [0.2, 0.25) is 0 Å². The summed E-state index contributed by atoms with van der Waals surface area (Å²) in [5, 5.41) is 0. The number of aryl methyl sites for hydroxylation is 1. The molecule has 116 valence electrons. The highest BCUT2D eigenvalue weighted by atomic mass is 32.2. The van der Waals surface area contributed by atoms with Gasteiger partial charge in [-0.3, -0.25) is 0 Å². The Morgan fingerprint density at radius 1 is 1.38 bits per heavy atom. The summed E-state index contributed by atoms with van der Waals surface area (Å²) in [6.07, 6.45) is 7.67. The lowest BCUT2D eigenvalue weighted by atomic mass is 10.4. The Labute approximate surface area is 124 Å². The molecule has 0 aliphatic heterocycles. The fourth-order valence-electron chi connectivity index (χ4n) is 2.10. The van der Waals surface area contributed by atoms with Crippen LogP contribution < -0.4 is 10.5 Å². The average Bonchev–Trinajstić information content (AvgIpc) is 3.08. The van der Waals surface area contributed by atoms with Crippen molar-refractivity contribution < 1.29 is 8.42 Å². The zero-order valence-electron chi connectivity index (χ0n) is 12.1. The number of imidazole rings is 1. The lowest BCUT2D eigenvalue weighted by Gasteiger charge is -2.05. The molecule has 2 rings (SSSR count). The summed E-state index contributed by atoms with van der Waals surface area (Å²) in [4.78, 5) is 4.18. The van der Waals surface area contributed by atoms with Gasteiger partial charge in [-0.1, -0.05) is 6.92 Å². The van der Waals surface area contributed by atoms with Crippen molar-refractivity contribution in [3.05, 3.63) is 36.7 Å². The van der Waals surface area contributed by atoms with Gasteiger partial charge in [0.2, 0.25) is 10.0 Å². The predicted octanol–water partition coefficient (Wildman–Crippen LogP) is 0.532. The zero-order chi connectivity index (χ0) is 15.3. The van der Waals surface area contributed by atoms with Crippen LogP contribution in [0.25, 0.3) is 0 Å². The van der Waals surface area contributed by atoms with Crippen molar-refractivity contribution in [2.75, 3.05) is 6.54 Å². The summed E-state index contributed by atoms with van der Waals surface area (Å²) >= 11 is 0. The molecule has 0 aliphatic rings. The molecule has 2 aromatic rings. The first-order chi connectivity index (χ1) is 10.1. The summed E-state index contributed by atoms with van der Waals surface area (Å²) in [7, 11) is -3.50. The molecule has 0 aromatic carbocycles. The van der Waals surface area contributed by atoms with Crippen LogP contribution in [-0.2, 0) is 29.7 Å². The molecule has 0 spiro atoms. The highest BCUT2D eigenvalue weighted by molar-refractivity contribution is 7.89. The monoisotopic (exact) mass is 311 g/mol. The Hall–Kier alpha value is -1.64. The molecule has 21 heavy (non-hydrogen) atoms. The standard InChI is InChI=1S/C13H21N5O2S/c1-2-5-18-10-13(8-12(18)9-14)21(19,20)16-4-7-17-6-3-15-11-17/h3,6,8,10-11,16H,2,4-5,7,9,14H2,1H3. The van der Waals surface area contributed by atoms with Gasteiger partial charge in [-0.2, -0.15) is 0 Å².